The Balaban J connectivity index is 1.61. The largest absolute Gasteiger partial charge is 0.494 e. The molecule has 4 rings (SSSR count). The highest BCUT2D eigenvalue weighted by molar-refractivity contribution is 7.99. The van der Waals surface area contributed by atoms with Crippen LogP contribution in [0.3, 0.4) is 0 Å². The molecular formula is C26H25ClN4O2S. The topological polar surface area (TPSA) is 69.0 Å². The third-order valence-corrected chi connectivity index (χ3v) is 6.27. The number of nitrogens with zero attached hydrogens (tertiary/aromatic N) is 3. The first kappa shape index (κ1) is 23.9. The predicted octanol–water partition coefficient (Wildman–Crippen LogP) is 6.33. The van der Waals surface area contributed by atoms with E-state index in [2.05, 4.69) is 15.5 Å². The number of carbonyl (C=O) groups is 1. The van der Waals surface area contributed by atoms with Gasteiger partial charge in [0, 0.05) is 22.0 Å². The maximum atomic E-state index is 12.7. The Hall–Kier alpha value is -3.29. The number of halogens is 1. The van der Waals surface area contributed by atoms with Gasteiger partial charge in [0.15, 0.2) is 11.0 Å². The molecular weight excluding hydrogens is 468 g/mol. The summed E-state index contributed by atoms with van der Waals surface area (Å²) in [5.74, 6) is 1.51. The summed E-state index contributed by atoms with van der Waals surface area (Å²) in [6.45, 7) is 6.55. The Morgan fingerprint density at radius 3 is 2.56 bits per heavy atom. The van der Waals surface area contributed by atoms with Crippen LogP contribution in [-0.4, -0.2) is 33.0 Å². The highest BCUT2D eigenvalue weighted by Crippen LogP contribution is 2.30. The van der Waals surface area contributed by atoms with E-state index in [0.29, 0.717) is 22.6 Å². The second-order valence-corrected chi connectivity index (χ2v) is 9.11. The van der Waals surface area contributed by atoms with Crippen LogP contribution in [0.1, 0.15) is 18.1 Å². The molecule has 0 bridgehead atoms. The molecule has 1 N–H and O–H groups in total. The molecule has 174 valence electrons. The van der Waals surface area contributed by atoms with E-state index < -0.39 is 0 Å². The number of aromatic nitrogens is 3. The Labute approximate surface area is 208 Å². The van der Waals surface area contributed by atoms with Crippen molar-refractivity contribution in [1.29, 1.82) is 0 Å². The van der Waals surface area contributed by atoms with E-state index >= 15 is 0 Å². The van der Waals surface area contributed by atoms with Crippen molar-refractivity contribution in [3.63, 3.8) is 0 Å². The molecule has 6 nitrogen and oxygen atoms in total. The van der Waals surface area contributed by atoms with Crippen molar-refractivity contribution >= 4 is 35.0 Å². The minimum Gasteiger partial charge on any atom is -0.494 e. The van der Waals surface area contributed by atoms with Crippen LogP contribution in [0.15, 0.2) is 71.9 Å². The molecule has 0 aliphatic rings. The average Bonchev–Trinajstić information content (AvgIpc) is 3.24. The number of hydrogen-bond acceptors (Lipinski definition) is 5. The Morgan fingerprint density at radius 1 is 1.06 bits per heavy atom. The standard InChI is InChI=1S/C26H25ClN4O2S/c1-4-33-22-11-9-21(10-12-22)31-25(19-6-5-7-20(27)15-19)29-30-26(31)34-16-24(32)28-23-13-8-17(2)14-18(23)3/h5-15H,4,16H2,1-3H3,(H,28,32). The lowest BCUT2D eigenvalue weighted by molar-refractivity contribution is -0.113. The molecule has 4 aromatic rings. The van der Waals surface area contributed by atoms with E-state index in [1.807, 2.05) is 92.1 Å². The highest BCUT2D eigenvalue weighted by atomic mass is 35.5. The summed E-state index contributed by atoms with van der Waals surface area (Å²) in [5.41, 5.74) is 4.69. The summed E-state index contributed by atoms with van der Waals surface area (Å²) in [6.07, 6.45) is 0. The zero-order valence-electron chi connectivity index (χ0n) is 19.2. The average molecular weight is 493 g/mol. The summed E-state index contributed by atoms with van der Waals surface area (Å²) in [6, 6.07) is 21.1. The molecule has 8 heteroatoms. The molecule has 0 fully saturated rings. The molecule has 0 saturated heterocycles. The summed E-state index contributed by atoms with van der Waals surface area (Å²) in [7, 11) is 0. The van der Waals surface area contributed by atoms with Crippen molar-refractivity contribution in [2.45, 2.75) is 25.9 Å². The molecule has 0 saturated carbocycles. The fourth-order valence-corrected chi connectivity index (χ4v) is 4.48. The summed E-state index contributed by atoms with van der Waals surface area (Å²) < 4.78 is 7.50. The zero-order chi connectivity index (χ0) is 24.1. The second kappa shape index (κ2) is 10.8. The van der Waals surface area contributed by atoms with Gasteiger partial charge in [-0.2, -0.15) is 0 Å². The van der Waals surface area contributed by atoms with Crippen molar-refractivity contribution in [3.05, 3.63) is 82.9 Å². The summed E-state index contributed by atoms with van der Waals surface area (Å²) in [4.78, 5) is 12.7. The first-order valence-corrected chi connectivity index (χ1v) is 12.3. The lowest BCUT2D eigenvalue weighted by Gasteiger charge is -2.12. The molecule has 1 heterocycles. The van der Waals surface area contributed by atoms with Crippen molar-refractivity contribution in [1.82, 2.24) is 14.8 Å². The van der Waals surface area contributed by atoms with E-state index in [9.17, 15) is 4.79 Å². The molecule has 1 aromatic heterocycles. The van der Waals surface area contributed by atoms with Crippen molar-refractivity contribution < 1.29 is 9.53 Å². The number of aryl methyl sites for hydroxylation is 2. The smallest absolute Gasteiger partial charge is 0.234 e. The fourth-order valence-electron chi connectivity index (χ4n) is 3.54. The molecule has 0 aliphatic heterocycles. The number of rotatable bonds is 8. The molecule has 0 aliphatic carbocycles. The number of hydrogen-bond donors (Lipinski definition) is 1. The van der Waals surface area contributed by atoms with Gasteiger partial charge in [-0.3, -0.25) is 9.36 Å². The van der Waals surface area contributed by atoms with Crippen molar-refractivity contribution in [3.8, 4) is 22.8 Å². The van der Waals surface area contributed by atoms with Crippen LogP contribution in [-0.2, 0) is 4.79 Å². The van der Waals surface area contributed by atoms with Gasteiger partial charge >= 0.3 is 0 Å². The molecule has 3 aromatic carbocycles. The summed E-state index contributed by atoms with van der Waals surface area (Å²) in [5, 5.41) is 13.0. The van der Waals surface area contributed by atoms with Gasteiger partial charge in [0.05, 0.1) is 12.4 Å². The lowest BCUT2D eigenvalue weighted by Crippen LogP contribution is -2.15. The quantitative estimate of drug-likeness (QED) is 0.291. The van der Waals surface area contributed by atoms with E-state index in [0.717, 1.165) is 33.8 Å². The van der Waals surface area contributed by atoms with Crippen molar-refractivity contribution in [2.75, 3.05) is 17.7 Å². The van der Waals surface area contributed by atoms with E-state index in [-0.39, 0.29) is 11.7 Å². The van der Waals surface area contributed by atoms with Gasteiger partial charge in [-0.25, -0.2) is 0 Å². The van der Waals surface area contributed by atoms with Crippen LogP contribution < -0.4 is 10.1 Å². The SMILES string of the molecule is CCOc1ccc(-n2c(SCC(=O)Nc3ccc(C)cc3C)nnc2-c2cccc(Cl)c2)cc1. The number of thioether (sulfide) groups is 1. The van der Waals surface area contributed by atoms with Crippen LogP contribution in [0.25, 0.3) is 17.1 Å². The third kappa shape index (κ3) is 5.61. The fraction of sp³-hybridized carbons (Fsp3) is 0.192. The normalized spacial score (nSPS) is 10.8. The minimum absolute atomic E-state index is 0.109. The van der Waals surface area contributed by atoms with Gasteiger partial charge in [-0.05, 0) is 68.8 Å². The molecule has 0 spiro atoms. The van der Waals surface area contributed by atoms with Gasteiger partial charge in [0.25, 0.3) is 0 Å². The number of benzene rings is 3. The number of ether oxygens (including phenoxy) is 1. The Morgan fingerprint density at radius 2 is 1.85 bits per heavy atom. The Kier molecular flexibility index (Phi) is 7.55. The zero-order valence-corrected chi connectivity index (χ0v) is 20.8. The van der Waals surface area contributed by atoms with Gasteiger partial charge in [-0.15, -0.1) is 10.2 Å². The van der Waals surface area contributed by atoms with E-state index in [4.69, 9.17) is 16.3 Å². The van der Waals surface area contributed by atoms with Crippen LogP contribution in [0, 0.1) is 13.8 Å². The van der Waals surface area contributed by atoms with Crippen molar-refractivity contribution in [2.24, 2.45) is 0 Å². The third-order valence-electron chi connectivity index (χ3n) is 5.11. The first-order valence-electron chi connectivity index (χ1n) is 10.9. The number of anilines is 1. The maximum Gasteiger partial charge on any atom is 0.234 e. The molecule has 1 amide bonds. The molecule has 34 heavy (non-hydrogen) atoms. The minimum atomic E-state index is -0.109. The van der Waals surface area contributed by atoms with Gasteiger partial charge in [-0.1, -0.05) is 53.2 Å². The number of amides is 1. The van der Waals surface area contributed by atoms with Crippen LogP contribution >= 0.6 is 23.4 Å². The molecule has 0 radical (unpaired) electrons. The number of carbonyl (C=O) groups excluding carboxylic acids is 1. The van der Waals surface area contributed by atoms with Gasteiger partial charge < -0.3 is 10.1 Å². The summed E-state index contributed by atoms with van der Waals surface area (Å²) >= 11 is 7.55. The highest BCUT2D eigenvalue weighted by Gasteiger charge is 2.18. The maximum absolute atomic E-state index is 12.7. The van der Waals surface area contributed by atoms with E-state index in [1.54, 1.807) is 0 Å². The lowest BCUT2D eigenvalue weighted by atomic mass is 10.1. The van der Waals surface area contributed by atoms with Gasteiger partial charge in [0.2, 0.25) is 5.91 Å². The predicted molar refractivity (Wildman–Crippen MR) is 138 cm³/mol. The van der Waals surface area contributed by atoms with Crippen LogP contribution in [0.4, 0.5) is 5.69 Å². The molecule has 0 unspecified atom stereocenters. The first-order chi connectivity index (χ1) is 16.4. The molecule has 0 atom stereocenters. The number of nitrogens with one attached hydrogen (secondary N) is 1. The van der Waals surface area contributed by atoms with Crippen LogP contribution in [0.5, 0.6) is 5.75 Å². The van der Waals surface area contributed by atoms with Crippen LogP contribution in [0.2, 0.25) is 5.02 Å². The van der Waals surface area contributed by atoms with Gasteiger partial charge in [0.1, 0.15) is 5.75 Å². The second-order valence-electron chi connectivity index (χ2n) is 7.73. The monoisotopic (exact) mass is 492 g/mol. The Bertz CT molecular complexity index is 1300. The van der Waals surface area contributed by atoms with E-state index in [1.165, 1.54) is 11.8 Å².